The molecule has 4 amide bonds. The van der Waals surface area contributed by atoms with E-state index in [1.807, 2.05) is 0 Å². The number of para-hydroxylation sites is 1. The quantitative estimate of drug-likeness (QED) is 0.115. The van der Waals surface area contributed by atoms with Crippen LogP contribution in [0.15, 0.2) is 79.0 Å². The molecule has 0 bridgehead atoms. The summed E-state index contributed by atoms with van der Waals surface area (Å²) in [5.74, 6) is -1.37. The Bertz CT molecular complexity index is 1550. The molecule has 4 rings (SSSR count). The SMILES string of the molecule is C=CCc1cc(/C=C2/NC(=O)N(CC(=O)Nc3ccccc3F)C2=O)cc(OC)c1OCc1ccc([N+](=O)[O-])cc1. The number of halogens is 1. The van der Waals surface area contributed by atoms with Gasteiger partial charge in [0.1, 0.15) is 24.7 Å². The van der Waals surface area contributed by atoms with E-state index in [2.05, 4.69) is 17.2 Å². The summed E-state index contributed by atoms with van der Waals surface area (Å²) in [6.07, 6.45) is 3.47. The number of nitro benzene ring substituents is 1. The number of methoxy groups -OCH3 is 1. The summed E-state index contributed by atoms with van der Waals surface area (Å²) >= 11 is 0. The van der Waals surface area contributed by atoms with Crippen molar-refractivity contribution in [1.29, 1.82) is 0 Å². The lowest BCUT2D eigenvalue weighted by molar-refractivity contribution is -0.384. The van der Waals surface area contributed by atoms with Crippen LogP contribution in [0.5, 0.6) is 11.5 Å². The number of ether oxygens (including phenoxy) is 2. The van der Waals surface area contributed by atoms with Crippen molar-refractivity contribution in [3.63, 3.8) is 0 Å². The average Bonchev–Trinajstić information content (AvgIpc) is 3.21. The van der Waals surface area contributed by atoms with Crippen LogP contribution < -0.4 is 20.1 Å². The lowest BCUT2D eigenvalue weighted by Crippen LogP contribution is -2.38. The van der Waals surface area contributed by atoms with Crippen molar-refractivity contribution in [1.82, 2.24) is 10.2 Å². The average molecular weight is 561 g/mol. The fraction of sp³-hybridized carbons (Fsp3) is 0.138. The molecule has 0 unspecified atom stereocenters. The largest absolute Gasteiger partial charge is 0.493 e. The first-order valence-electron chi connectivity index (χ1n) is 12.3. The zero-order valence-corrected chi connectivity index (χ0v) is 21.9. The molecule has 1 saturated heterocycles. The van der Waals surface area contributed by atoms with Gasteiger partial charge in [-0.15, -0.1) is 6.58 Å². The molecule has 0 atom stereocenters. The summed E-state index contributed by atoms with van der Waals surface area (Å²) in [7, 11) is 1.45. The first kappa shape index (κ1) is 28.5. The number of imide groups is 1. The number of nitrogens with zero attached hydrogens (tertiary/aromatic N) is 2. The van der Waals surface area contributed by atoms with Crippen LogP contribution in [-0.4, -0.2) is 41.3 Å². The Morgan fingerprint density at radius 1 is 1.17 bits per heavy atom. The highest BCUT2D eigenvalue weighted by molar-refractivity contribution is 6.16. The van der Waals surface area contributed by atoms with E-state index in [1.54, 1.807) is 30.3 Å². The van der Waals surface area contributed by atoms with Crippen molar-refractivity contribution in [2.45, 2.75) is 13.0 Å². The van der Waals surface area contributed by atoms with Crippen LogP contribution in [0.3, 0.4) is 0 Å². The summed E-state index contributed by atoms with van der Waals surface area (Å²) in [6, 6.07) is 14.0. The highest BCUT2D eigenvalue weighted by Gasteiger charge is 2.35. The fourth-order valence-electron chi connectivity index (χ4n) is 4.04. The van der Waals surface area contributed by atoms with Gasteiger partial charge in [-0.1, -0.05) is 18.2 Å². The Morgan fingerprint density at radius 3 is 2.56 bits per heavy atom. The van der Waals surface area contributed by atoms with Gasteiger partial charge in [0.25, 0.3) is 11.6 Å². The molecule has 2 N–H and O–H groups in total. The van der Waals surface area contributed by atoms with Gasteiger partial charge in [-0.05, 0) is 60.0 Å². The molecule has 3 aromatic rings. The topological polar surface area (TPSA) is 140 Å². The molecule has 41 heavy (non-hydrogen) atoms. The van der Waals surface area contributed by atoms with E-state index in [-0.39, 0.29) is 23.7 Å². The molecule has 1 heterocycles. The predicted molar refractivity (Wildman–Crippen MR) is 148 cm³/mol. The van der Waals surface area contributed by atoms with Gasteiger partial charge in [-0.25, -0.2) is 14.1 Å². The lowest BCUT2D eigenvalue weighted by Gasteiger charge is -2.16. The second kappa shape index (κ2) is 12.6. The van der Waals surface area contributed by atoms with Gasteiger partial charge in [-0.2, -0.15) is 0 Å². The zero-order valence-electron chi connectivity index (χ0n) is 21.9. The third-order valence-corrected chi connectivity index (χ3v) is 5.99. The van der Waals surface area contributed by atoms with Crippen LogP contribution >= 0.6 is 0 Å². The summed E-state index contributed by atoms with van der Waals surface area (Å²) in [4.78, 5) is 48.9. The number of benzene rings is 3. The Morgan fingerprint density at radius 2 is 1.90 bits per heavy atom. The molecule has 12 heteroatoms. The number of nitrogens with one attached hydrogen (secondary N) is 2. The number of carbonyl (C=O) groups is 3. The van der Waals surface area contributed by atoms with Gasteiger partial charge in [0.05, 0.1) is 17.7 Å². The van der Waals surface area contributed by atoms with Crippen molar-refractivity contribution in [3.05, 3.63) is 112 Å². The summed E-state index contributed by atoms with van der Waals surface area (Å²) in [5, 5.41) is 15.7. The zero-order chi connectivity index (χ0) is 29.5. The highest BCUT2D eigenvalue weighted by Crippen LogP contribution is 2.35. The smallest absolute Gasteiger partial charge is 0.329 e. The van der Waals surface area contributed by atoms with Gasteiger partial charge >= 0.3 is 6.03 Å². The van der Waals surface area contributed by atoms with Gasteiger partial charge in [0, 0.05) is 17.7 Å². The number of rotatable bonds is 11. The first-order chi connectivity index (χ1) is 19.7. The number of amides is 4. The van der Waals surface area contributed by atoms with Crippen LogP contribution in [0, 0.1) is 15.9 Å². The molecule has 210 valence electrons. The monoisotopic (exact) mass is 560 g/mol. The number of urea groups is 1. The van der Waals surface area contributed by atoms with Crippen LogP contribution in [0.25, 0.3) is 6.08 Å². The fourth-order valence-corrected chi connectivity index (χ4v) is 4.04. The van der Waals surface area contributed by atoms with Crippen molar-refractivity contribution < 1.29 is 33.2 Å². The number of hydrogen-bond donors (Lipinski definition) is 2. The minimum absolute atomic E-state index is 0.0334. The molecular formula is C29H25FN4O7. The third kappa shape index (κ3) is 6.74. The predicted octanol–water partition coefficient (Wildman–Crippen LogP) is 4.58. The molecule has 0 aromatic heterocycles. The highest BCUT2D eigenvalue weighted by atomic mass is 19.1. The van der Waals surface area contributed by atoms with E-state index in [0.717, 1.165) is 0 Å². The maximum atomic E-state index is 13.8. The van der Waals surface area contributed by atoms with Crippen molar-refractivity contribution in [2.24, 2.45) is 0 Å². The molecular weight excluding hydrogens is 535 g/mol. The van der Waals surface area contributed by atoms with Crippen LogP contribution in [0.1, 0.15) is 16.7 Å². The number of non-ortho nitro benzene ring substituents is 1. The van der Waals surface area contributed by atoms with Crippen molar-refractivity contribution in [3.8, 4) is 11.5 Å². The second-order valence-electron chi connectivity index (χ2n) is 8.82. The summed E-state index contributed by atoms with van der Waals surface area (Å²) in [6.45, 7) is 3.26. The third-order valence-electron chi connectivity index (χ3n) is 5.99. The van der Waals surface area contributed by atoms with E-state index in [0.29, 0.717) is 39.5 Å². The number of carbonyl (C=O) groups excluding carboxylic acids is 3. The van der Waals surface area contributed by atoms with Crippen LogP contribution in [0.2, 0.25) is 0 Å². The molecule has 0 radical (unpaired) electrons. The Labute approximate surface area is 234 Å². The first-order valence-corrected chi connectivity index (χ1v) is 12.3. The summed E-state index contributed by atoms with van der Waals surface area (Å²) in [5.41, 5.74) is 1.70. The maximum absolute atomic E-state index is 13.8. The number of anilines is 1. The molecule has 1 aliphatic rings. The normalized spacial score (nSPS) is 13.6. The van der Waals surface area contributed by atoms with Crippen molar-refractivity contribution in [2.75, 3.05) is 19.0 Å². The van der Waals surface area contributed by atoms with Crippen molar-refractivity contribution >= 4 is 35.3 Å². The number of hydrogen-bond acceptors (Lipinski definition) is 7. The van der Waals surface area contributed by atoms with E-state index in [4.69, 9.17) is 9.47 Å². The second-order valence-corrected chi connectivity index (χ2v) is 8.82. The molecule has 0 aliphatic carbocycles. The van der Waals surface area contributed by atoms with Crippen LogP contribution in [-0.2, 0) is 22.6 Å². The molecule has 0 spiro atoms. The molecule has 3 aromatic carbocycles. The number of allylic oxidation sites excluding steroid dienone is 1. The maximum Gasteiger partial charge on any atom is 0.329 e. The Hall–Kier alpha value is -5.52. The minimum atomic E-state index is -0.800. The van der Waals surface area contributed by atoms with E-state index >= 15 is 0 Å². The molecule has 1 fully saturated rings. The van der Waals surface area contributed by atoms with Gasteiger partial charge in [0.2, 0.25) is 5.91 Å². The van der Waals surface area contributed by atoms with Gasteiger partial charge in [0.15, 0.2) is 11.5 Å². The van der Waals surface area contributed by atoms with Gasteiger partial charge < -0.3 is 20.1 Å². The Balaban J connectivity index is 1.52. The van der Waals surface area contributed by atoms with E-state index in [9.17, 15) is 28.9 Å². The molecule has 1 aliphatic heterocycles. The molecule has 11 nitrogen and oxygen atoms in total. The lowest BCUT2D eigenvalue weighted by atomic mass is 10.0. The van der Waals surface area contributed by atoms with Crippen LogP contribution in [0.4, 0.5) is 20.6 Å². The van der Waals surface area contributed by atoms with E-state index in [1.165, 1.54) is 49.6 Å². The molecule has 0 saturated carbocycles. The van der Waals surface area contributed by atoms with E-state index < -0.39 is 35.1 Å². The standard InChI is InChI=1S/C29H25FN4O7/c1-3-6-20-13-19(15-25(40-2)27(20)41-17-18-9-11-21(12-10-18)34(38)39)14-24-28(36)33(29(37)32-24)16-26(35)31-23-8-5-4-7-22(23)30/h3-5,7-15H,1,6,16-17H2,2H3,(H,31,35)(H,32,37)/b24-14+. The van der Waals surface area contributed by atoms with Gasteiger partial charge in [-0.3, -0.25) is 19.7 Å². The minimum Gasteiger partial charge on any atom is -0.493 e. The Kier molecular flexibility index (Phi) is 8.72. The summed E-state index contributed by atoms with van der Waals surface area (Å²) < 4.78 is 25.4. The number of nitro groups is 1.